The van der Waals surface area contributed by atoms with Gasteiger partial charge in [0.2, 0.25) is 0 Å². The maximum absolute atomic E-state index is 12.9. The lowest BCUT2D eigenvalue weighted by atomic mass is 10.0. The first kappa shape index (κ1) is 78.1. The summed E-state index contributed by atoms with van der Waals surface area (Å²) in [5, 5.41) is 10.5. The van der Waals surface area contributed by atoms with Crippen LogP contribution >= 0.6 is 15.6 Å². The van der Waals surface area contributed by atoms with Gasteiger partial charge in [-0.2, -0.15) is 0 Å². The number of aliphatic hydroxyl groups is 1. The van der Waals surface area contributed by atoms with Crippen molar-refractivity contribution in [2.75, 3.05) is 39.6 Å². The average Bonchev–Trinajstić information content (AvgIpc) is 3.43. The standard InChI is InChI=1S/C61H118O17P2/c1-5-9-13-17-20-22-24-25-26-27-28-29-30-31-33-36-40-44-48-61(66)78-57(52-72-59(64)46-42-38-35-32-23-21-18-14-10-6-2)54-76-80(69,70)74-50-55(62)49-73-79(67,68)75-53-56(51-71-58(63)45-41-37-16-12-8-4)77-60(65)47-43-39-34-19-15-11-7-3/h55-57,62H,5-54H2,1-4H3,(H,67,68)(H,69,70)/t55-,56+,57+/m0/s1. The van der Waals surface area contributed by atoms with E-state index < -0.39 is 97.5 Å². The first-order valence-corrected chi connectivity index (χ1v) is 35.3. The number of phosphoric acid groups is 2. The van der Waals surface area contributed by atoms with E-state index in [1.807, 2.05) is 0 Å². The Morgan fingerprint density at radius 1 is 0.300 bits per heavy atom. The van der Waals surface area contributed by atoms with Gasteiger partial charge in [0.15, 0.2) is 12.2 Å². The fourth-order valence-corrected chi connectivity index (χ4v) is 10.7. The molecule has 0 bridgehead atoms. The van der Waals surface area contributed by atoms with E-state index in [0.29, 0.717) is 25.7 Å². The second kappa shape index (κ2) is 56.2. The van der Waals surface area contributed by atoms with E-state index in [-0.39, 0.29) is 25.7 Å². The third-order valence-electron chi connectivity index (χ3n) is 14.1. The van der Waals surface area contributed by atoms with Crippen LogP contribution in [0.2, 0.25) is 0 Å². The van der Waals surface area contributed by atoms with Crippen LogP contribution in [0.1, 0.15) is 310 Å². The van der Waals surface area contributed by atoms with Crippen molar-refractivity contribution in [2.45, 2.75) is 329 Å². The summed E-state index contributed by atoms with van der Waals surface area (Å²) in [7, 11) is -9.86. The summed E-state index contributed by atoms with van der Waals surface area (Å²) in [5.41, 5.74) is 0. The van der Waals surface area contributed by atoms with Crippen molar-refractivity contribution in [3.8, 4) is 0 Å². The number of hydrogen-bond acceptors (Lipinski definition) is 15. The van der Waals surface area contributed by atoms with E-state index in [9.17, 15) is 43.2 Å². The SMILES string of the molecule is CCCCCCCCCCCCCCCCCCCCC(=O)O[C@H](COC(=O)CCCCCCCCCCCC)COP(=O)(O)OC[C@@H](O)COP(=O)(O)OC[C@@H](COC(=O)CCCCCCC)OC(=O)CCCCCCCCC. The summed E-state index contributed by atoms with van der Waals surface area (Å²) in [6.45, 7) is 4.73. The molecule has 0 fully saturated rings. The van der Waals surface area contributed by atoms with Crippen LogP contribution in [0.3, 0.4) is 0 Å². The van der Waals surface area contributed by atoms with Gasteiger partial charge in [-0.15, -0.1) is 0 Å². The fourth-order valence-electron chi connectivity index (χ4n) is 9.10. The molecule has 0 aromatic carbocycles. The van der Waals surface area contributed by atoms with Gasteiger partial charge >= 0.3 is 39.5 Å². The second-order valence-corrected chi connectivity index (χ2v) is 25.0. The van der Waals surface area contributed by atoms with Gasteiger partial charge in [0, 0.05) is 25.7 Å². The van der Waals surface area contributed by atoms with E-state index in [4.69, 9.17) is 37.0 Å². The fraction of sp³-hybridized carbons (Fsp3) is 0.934. The molecule has 0 spiro atoms. The molecule has 0 saturated carbocycles. The molecule has 0 aliphatic heterocycles. The highest BCUT2D eigenvalue weighted by Crippen LogP contribution is 2.45. The molecule has 0 aromatic heterocycles. The third-order valence-corrected chi connectivity index (χ3v) is 16.0. The normalized spacial score (nSPS) is 14.2. The number of hydrogen-bond donors (Lipinski definition) is 3. The summed E-state index contributed by atoms with van der Waals surface area (Å²) in [5.74, 6) is -2.15. The molecule has 17 nitrogen and oxygen atoms in total. The van der Waals surface area contributed by atoms with Gasteiger partial charge in [-0.05, 0) is 25.7 Å². The van der Waals surface area contributed by atoms with Gasteiger partial charge in [0.05, 0.1) is 26.4 Å². The minimum atomic E-state index is -4.94. The Kier molecular flexibility index (Phi) is 54.8. The van der Waals surface area contributed by atoms with E-state index in [0.717, 1.165) is 109 Å². The van der Waals surface area contributed by atoms with Crippen molar-refractivity contribution in [2.24, 2.45) is 0 Å². The first-order chi connectivity index (χ1) is 38.7. The van der Waals surface area contributed by atoms with Gasteiger partial charge < -0.3 is 33.8 Å². The predicted molar refractivity (Wildman–Crippen MR) is 317 cm³/mol. The third kappa shape index (κ3) is 55.3. The lowest BCUT2D eigenvalue weighted by molar-refractivity contribution is -0.161. The Balaban J connectivity index is 5.10. The van der Waals surface area contributed by atoms with Crippen LogP contribution in [-0.4, -0.2) is 96.7 Å². The molecule has 0 amide bonds. The molecule has 0 rings (SSSR count). The largest absolute Gasteiger partial charge is 0.472 e. The maximum atomic E-state index is 12.9. The Hall–Kier alpha value is -1.94. The molecule has 19 heteroatoms. The smallest absolute Gasteiger partial charge is 0.462 e. The van der Waals surface area contributed by atoms with Crippen LogP contribution in [-0.2, 0) is 65.4 Å². The van der Waals surface area contributed by atoms with Crippen molar-refractivity contribution >= 4 is 39.5 Å². The monoisotopic (exact) mass is 1180 g/mol. The predicted octanol–water partition coefficient (Wildman–Crippen LogP) is 16.8. The highest BCUT2D eigenvalue weighted by atomic mass is 31.2. The molecule has 2 unspecified atom stereocenters. The minimum absolute atomic E-state index is 0.103. The summed E-state index contributed by atoms with van der Waals surface area (Å²) in [6, 6.07) is 0. The number of ether oxygens (including phenoxy) is 4. The van der Waals surface area contributed by atoms with Crippen LogP contribution in [0.5, 0.6) is 0 Å². The van der Waals surface area contributed by atoms with Crippen molar-refractivity contribution in [3.63, 3.8) is 0 Å². The molecule has 0 heterocycles. The number of aliphatic hydroxyl groups excluding tert-OH is 1. The number of phosphoric ester groups is 2. The summed E-state index contributed by atoms with van der Waals surface area (Å²) in [4.78, 5) is 71.7. The molecule has 3 N–H and O–H groups in total. The average molecular weight is 1190 g/mol. The number of esters is 4. The highest BCUT2D eigenvalue weighted by Gasteiger charge is 2.30. The lowest BCUT2D eigenvalue weighted by Crippen LogP contribution is -2.30. The van der Waals surface area contributed by atoms with E-state index >= 15 is 0 Å². The van der Waals surface area contributed by atoms with E-state index in [1.54, 1.807) is 0 Å². The van der Waals surface area contributed by atoms with Crippen LogP contribution in [0.15, 0.2) is 0 Å². The quantitative estimate of drug-likeness (QED) is 0.0222. The zero-order valence-corrected chi connectivity index (χ0v) is 52.8. The number of carbonyl (C=O) groups excluding carboxylic acids is 4. The van der Waals surface area contributed by atoms with Crippen molar-refractivity contribution in [1.29, 1.82) is 0 Å². The van der Waals surface area contributed by atoms with Crippen LogP contribution in [0.25, 0.3) is 0 Å². The van der Waals surface area contributed by atoms with Crippen molar-refractivity contribution < 1.29 is 80.2 Å². The van der Waals surface area contributed by atoms with Gasteiger partial charge in [-0.3, -0.25) is 37.3 Å². The zero-order chi connectivity index (χ0) is 59.1. The molecule has 0 aliphatic rings. The molecule has 5 atom stereocenters. The molecule has 0 radical (unpaired) electrons. The van der Waals surface area contributed by atoms with Crippen LogP contribution in [0, 0.1) is 0 Å². The van der Waals surface area contributed by atoms with Crippen molar-refractivity contribution in [1.82, 2.24) is 0 Å². The van der Waals surface area contributed by atoms with Gasteiger partial charge in [-0.25, -0.2) is 9.13 Å². The Morgan fingerprint density at radius 3 is 0.738 bits per heavy atom. The summed E-state index contributed by atoms with van der Waals surface area (Å²) in [6.07, 6.45) is 40.9. The molecule has 0 aromatic rings. The van der Waals surface area contributed by atoms with Crippen LogP contribution in [0.4, 0.5) is 0 Å². The van der Waals surface area contributed by atoms with Gasteiger partial charge in [0.25, 0.3) is 0 Å². The Morgan fingerprint density at radius 2 is 0.500 bits per heavy atom. The lowest BCUT2D eigenvalue weighted by Gasteiger charge is -2.21. The van der Waals surface area contributed by atoms with E-state index in [1.165, 1.54) is 122 Å². The van der Waals surface area contributed by atoms with Gasteiger partial charge in [-0.1, -0.05) is 259 Å². The van der Waals surface area contributed by atoms with E-state index in [2.05, 4.69) is 27.7 Å². The summed E-state index contributed by atoms with van der Waals surface area (Å²) < 4.78 is 67.5. The molecule has 474 valence electrons. The number of rotatable bonds is 62. The maximum Gasteiger partial charge on any atom is 0.472 e. The van der Waals surface area contributed by atoms with Crippen LogP contribution < -0.4 is 0 Å². The topological polar surface area (TPSA) is 237 Å². The zero-order valence-electron chi connectivity index (χ0n) is 51.0. The molecule has 0 aliphatic carbocycles. The second-order valence-electron chi connectivity index (χ2n) is 22.1. The molecule has 80 heavy (non-hydrogen) atoms. The number of unbranched alkanes of at least 4 members (excludes halogenated alkanes) is 36. The first-order valence-electron chi connectivity index (χ1n) is 32.3. The Labute approximate surface area is 486 Å². The summed E-state index contributed by atoms with van der Waals surface area (Å²) >= 11 is 0. The highest BCUT2D eigenvalue weighted by molar-refractivity contribution is 7.47. The van der Waals surface area contributed by atoms with Gasteiger partial charge in [0.1, 0.15) is 19.3 Å². The number of carbonyl (C=O) groups is 4. The molecule has 0 saturated heterocycles. The molecular formula is C61H118O17P2. The minimum Gasteiger partial charge on any atom is -0.462 e. The molecular weight excluding hydrogens is 1070 g/mol. The Bertz CT molecular complexity index is 1550. The van der Waals surface area contributed by atoms with Crippen molar-refractivity contribution in [3.05, 3.63) is 0 Å².